The van der Waals surface area contributed by atoms with Crippen LogP contribution in [0.2, 0.25) is 0 Å². The maximum absolute atomic E-state index is 11.6. The van der Waals surface area contributed by atoms with E-state index in [4.69, 9.17) is 9.63 Å². The number of hydrogen-bond acceptors (Lipinski definition) is 6. The van der Waals surface area contributed by atoms with Crippen LogP contribution in [0.4, 0.5) is 0 Å². The SMILES string of the molecule is CC(C)CCc1noc(CS(=O)(=O)CCCO)n1. The number of aromatic nitrogens is 2. The summed E-state index contributed by atoms with van der Waals surface area (Å²) in [5.74, 6) is 0.914. The van der Waals surface area contributed by atoms with Gasteiger partial charge in [-0.1, -0.05) is 19.0 Å². The lowest BCUT2D eigenvalue weighted by Crippen LogP contribution is -2.10. The molecule has 0 atom stereocenters. The summed E-state index contributed by atoms with van der Waals surface area (Å²) in [6.45, 7) is 4.06. The van der Waals surface area contributed by atoms with Gasteiger partial charge in [0.25, 0.3) is 0 Å². The van der Waals surface area contributed by atoms with Crippen LogP contribution in [0.25, 0.3) is 0 Å². The zero-order valence-electron chi connectivity index (χ0n) is 10.8. The molecule has 18 heavy (non-hydrogen) atoms. The monoisotopic (exact) mass is 276 g/mol. The summed E-state index contributed by atoms with van der Waals surface area (Å²) in [6.07, 6.45) is 1.87. The summed E-state index contributed by atoms with van der Waals surface area (Å²) in [6, 6.07) is 0. The highest BCUT2D eigenvalue weighted by molar-refractivity contribution is 7.90. The maximum Gasteiger partial charge on any atom is 0.241 e. The summed E-state index contributed by atoms with van der Waals surface area (Å²) in [5, 5.41) is 12.4. The molecule has 0 bridgehead atoms. The van der Waals surface area contributed by atoms with Crippen molar-refractivity contribution in [1.82, 2.24) is 10.1 Å². The van der Waals surface area contributed by atoms with E-state index in [0.29, 0.717) is 18.2 Å². The average Bonchev–Trinajstić information content (AvgIpc) is 2.70. The van der Waals surface area contributed by atoms with E-state index in [0.717, 1.165) is 6.42 Å². The fourth-order valence-corrected chi connectivity index (χ4v) is 2.62. The molecule has 0 radical (unpaired) electrons. The molecule has 0 saturated heterocycles. The second-order valence-electron chi connectivity index (χ2n) is 4.71. The molecule has 0 aliphatic carbocycles. The molecule has 0 spiro atoms. The predicted molar refractivity (Wildman–Crippen MR) is 66.7 cm³/mol. The van der Waals surface area contributed by atoms with Crippen LogP contribution in [0.5, 0.6) is 0 Å². The first-order valence-electron chi connectivity index (χ1n) is 6.05. The molecule has 0 aromatic carbocycles. The van der Waals surface area contributed by atoms with Crippen molar-refractivity contribution in [3.05, 3.63) is 11.7 Å². The predicted octanol–water partition coefficient (Wildman–Crippen LogP) is 0.955. The number of rotatable bonds is 8. The largest absolute Gasteiger partial charge is 0.396 e. The normalized spacial score (nSPS) is 12.2. The van der Waals surface area contributed by atoms with Crippen LogP contribution in [0, 0.1) is 5.92 Å². The second-order valence-corrected chi connectivity index (χ2v) is 6.89. The lowest BCUT2D eigenvalue weighted by Gasteiger charge is -1.99. The summed E-state index contributed by atoms with van der Waals surface area (Å²) in [4.78, 5) is 4.06. The fourth-order valence-electron chi connectivity index (χ4n) is 1.41. The Labute approximate surface area is 107 Å². The zero-order valence-corrected chi connectivity index (χ0v) is 11.6. The quantitative estimate of drug-likeness (QED) is 0.760. The van der Waals surface area contributed by atoms with Gasteiger partial charge in [-0.15, -0.1) is 0 Å². The maximum atomic E-state index is 11.6. The molecule has 0 fully saturated rings. The molecule has 1 aromatic heterocycles. The van der Waals surface area contributed by atoms with E-state index < -0.39 is 9.84 Å². The lowest BCUT2D eigenvalue weighted by molar-refractivity contribution is 0.295. The zero-order chi connectivity index (χ0) is 13.6. The molecule has 0 amide bonds. The van der Waals surface area contributed by atoms with Gasteiger partial charge in [-0.25, -0.2) is 8.42 Å². The van der Waals surface area contributed by atoms with E-state index in [-0.39, 0.29) is 30.4 Å². The van der Waals surface area contributed by atoms with Crippen molar-refractivity contribution in [3.8, 4) is 0 Å². The highest BCUT2D eigenvalue weighted by atomic mass is 32.2. The molecule has 7 heteroatoms. The highest BCUT2D eigenvalue weighted by Crippen LogP contribution is 2.09. The molecular formula is C11H20N2O4S. The Hall–Kier alpha value is -0.950. The van der Waals surface area contributed by atoms with Crippen molar-refractivity contribution in [2.45, 2.75) is 38.9 Å². The molecule has 1 aromatic rings. The van der Waals surface area contributed by atoms with Gasteiger partial charge in [0.15, 0.2) is 15.7 Å². The lowest BCUT2D eigenvalue weighted by atomic mass is 10.1. The Balaban J connectivity index is 2.53. The summed E-state index contributed by atoms with van der Waals surface area (Å²) in [5.41, 5.74) is 0. The van der Waals surface area contributed by atoms with Crippen LogP contribution < -0.4 is 0 Å². The van der Waals surface area contributed by atoms with Gasteiger partial charge < -0.3 is 9.63 Å². The third-order valence-corrected chi connectivity index (χ3v) is 4.01. The number of aliphatic hydroxyl groups excluding tert-OH is 1. The van der Waals surface area contributed by atoms with Gasteiger partial charge in [0.2, 0.25) is 5.89 Å². The second kappa shape index (κ2) is 6.84. The molecule has 1 rings (SSSR count). The Morgan fingerprint density at radius 3 is 2.72 bits per heavy atom. The van der Waals surface area contributed by atoms with E-state index >= 15 is 0 Å². The van der Waals surface area contributed by atoms with E-state index in [1.807, 2.05) is 0 Å². The molecule has 0 unspecified atom stereocenters. The van der Waals surface area contributed by atoms with Crippen molar-refractivity contribution in [2.24, 2.45) is 5.92 Å². The van der Waals surface area contributed by atoms with Gasteiger partial charge in [0.1, 0.15) is 5.75 Å². The Bertz CT molecular complexity index is 453. The average molecular weight is 276 g/mol. The first-order chi connectivity index (χ1) is 8.43. The van der Waals surface area contributed by atoms with E-state index in [1.54, 1.807) is 0 Å². The minimum atomic E-state index is -3.27. The van der Waals surface area contributed by atoms with Crippen LogP contribution in [0.15, 0.2) is 4.52 Å². The van der Waals surface area contributed by atoms with Crippen LogP contribution in [-0.2, 0) is 22.0 Å². The minimum absolute atomic E-state index is 0.0623. The molecule has 0 aliphatic rings. The Kier molecular flexibility index (Phi) is 5.74. The number of hydrogen-bond donors (Lipinski definition) is 1. The first-order valence-corrected chi connectivity index (χ1v) is 7.88. The Morgan fingerprint density at radius 1 is 1.39 bits per heavy atom. The highest BCUT2D eigenvalue weighted by Gasteiger charge is 2.17. The van der Waals surface area contributed by atoms with Gasteiger partial charge in [0, 0.05) is 13.0 Å². The summed E-state index contributed by atoms with van der Waals surface area (Å²) in [7, 11) is -3.27. The standard InChI is InChI=1S/C11H20N2O4S/c1-9(2)4-5-10-12-11(17-13-10)8-18(15,16)7-3-6-14/h9,14H,3-8H2,1-2H3. The van der Waals surface area contributed by atoms with Crippen molar-refractivity contribution >= 4 is 9.84 Å². The topological polar surface area (TPSA) is 93.3 Å². The molecule has 104 valence electrons. The summed E-state index contributed by atoms with van der Waals surface area (Å²) < 4.78 is 28.1. The molecular weight excluding hydrogens is 256 g/mol. The molecule has 0 saturated carbocycles. The van der Waals surface area contributed by atoms with E-state index in [9.17, 15) is 8.42 Å². The fraction of sp³-hybridized carbons (Fsp3) is 0.818. The van der Waals surface area contributed by atoms with Crippen molar-refractivity contribution in [1.29, 1.82) is 0 Å². The van der Waals surface area contributed by atoms with Gasteiger partial charge in [0.05, 0.1) is 5.75 Å². The van der Waals surface area contributed by atoms with Crippen molar-refractivity contribution < 1.29 is 18.0 Å². The van der Waals surface area contributed by atoms with Gasteiger partial charge in [-0.2, -0.15) is 4.98 Å². The molecule has 0 aliphatic heterocycles. The summed E-state index contributed by atoms with van der Waals surface area (Å²) >= 11 is 0. The van der Waals surface area contributed by atoms with Crippen LogP contribution in [0.1, 0.15) is 38.4 Å². The van der Waals surface area contributed by atoms with Gasteiger partial charge in [-0.3, -0.25) is 0 Å². The Morgan fingerprint density at radius 2 is 2.11 bits per heavy atom. The van der Waals surface area contributed by atoms with Crippen LogP contribution in [-0.4, -0.2) is 36.0 Å². The number of aryl methyl sites for hydroxylation is 1. The minimum Gasteiger partial charge on any atom is -0.396 e. The van der Waals surface area contributed by atoms with Crippen LogP contribution in [0.3, 0.4) is 0 Å². The third kappa shape index (κ3) is 5.59. The number of sulfone groups is 1. The third-order valence-electron chi connectivity index (χ3n) is 2.41. The van der Waals surface area contributed by atoms with Gasteiger partial charge >= 0.3 is 0 Å². The van der Waals surface area contributed by atoms with Gasteiger partial charge in [-0.05, 0) is 18.8 Å². The number of aliphatic hydroxyl groups is 1. The van der Waals surface area contributed by atoms with E-state index in [2.05, 4.69) is 24.0 Å². The van der Waals surface area contributed by atoms with Crippen molar-refractivity contribution in [3.63, 3.8) is 0 Å². The molecule has 1 heterocycles. The number of nitrogens with zero attached hydrogens (tertiary/aromatic N) is 2. The molecule has 1 N–H and O–H groups in total. The van der Waals surface area contributed by atoms with Crippen LogP contribution >= 0.6 is 0 Å². The van der Waals surface area contributed by atoms with E-state index in [1.165, 1.54) is 0 Å². The van der Waals surface area contributed by atoms with Crippen molar-refractivity contribution in [2.75, 3.05) is 12.4 Å². The molecule has 6 nitrogen and oxygen atoms in total. The smallest absolute Gasteiger partial charge is 0.241 e. The first kappa shape index (κ1) is 15.1.